The molecule has 0 saturated carbocycles. The predicted octanol–water partition coefficient (Wildman–Crippen LogP) is 4.22. The fourth-order valence-corrected chi connectivity index (χ4v) is 5.32. The Morgan fingerprint density at radius 3 is 2.36 bits per heavy atom. The third kappa shape index (κ3) is 7.17. The number of hydrogen-bond acceptors (Lipinski definition) is 7. The Bertz CT molecular complexity index is 1270. The summed E-state index contributed by atoms with van der Waals surface area (Å²) >= 11 is 1.44. The summed E-state index contributed by atoms with van der Waals surface area (Å²) in [5, 5.41) is 11.6. The summed E-state index contributed by atoms with van der Waals surface area (Å²) in [5.41, 5.74) is -0.708. The zero-order valence-electron chi connectivity index (χ0n) is 21.2. The first-order chi connectivity index (χ1) is 18.5. The number of alkyl halides is 3. The number of nitriles is 1. The van der Waals surface area contributed by atoms with Crippen LogP contribution >= 0.6 is 11.8 Å². The molecule has 8 nitrogen and oxygen atoms in total. The molecule has 3 atom stereocenters. The van der Waals surface area contributed by atoms with Gasteiger partial charge < -0.3 is 15.0 Å². The summed E-state index contributed by atoms with van der Waals surface area (Å²) in [6.07, 6.45) is -4.67. The van der Waals surface area contributed by atoms with Crippen molar-refractivity contribution in [2.24, 2.45) is 11.8 Å². The summed E-state index contributed by atoms with van der Waals surface area (Å²) in [6, 6.07) is 11.6. The highest BCUT2D eigenvalue weighted by Gasteiger charge is 2.47. The van der Waals surface area contributed by atoms with E-state index < -0.39 is 53.1 Å². The molecular formula is C27H26F3N3O5S. The van der Waals surface area contributed by atoms with Crippen LogP contribution in [0, 0.1) is 23.2 Å². The molecule has 0 aliphatic carbocycles. The quantitative estimate of drug-likeness (QED) is 0.360. The van der Waals surface area contributed by atoms with E-state index in [1.807, 2.05) is 6.07 Å². The van der Waals surface area contributed by atoms with Gasteiger partial charge >= 0.3 is 12.1 Å². The van der Waals surface area contributed by atoms with E-state index in [1.165, 1.54) is 53.9 Å². The smallest absolute Gasteiger partial charge is 0.416 e. The molecule has 2 amide bonds. The van der Waals surface area contributed by atoms with Gasteiger partial charge in [0.15, 0.2) is 0 Å². The number of carbonyl (C=O) groups excluding carboxylic acids is 4. The van der Waals surface area contributed by atoms with Gasteiger partial charge in [0.2, 0.25) is 11.8 Å². The average Bonchev–Trinajstić information content (AvgIpc) is 3.43. The van der Waals surface area contributed by atoms with Crippen LogP contribution in [0.15, 0.2) is 48.5 Å². The maximum absolute atomic E-state index is 13.8. The molecule has 1 heterocycles. The molecule has 1 fully saturated rings. The zero-order chi connectivity index (χ0) is 28.7. The molecule has 0 bridgehead atoms. The molecule has 0 spiro atoms. The number of carbonyl (C=O) groups is 4. The molecule has 0 aromatic heterocycles. The van der Waals surface area contributed by atoms with Crippen LogP contribution in [0.25, 0.3) is 0 Å². The third-order valence-corrected chi connectivity index (χ3v) is 7.16. The lowest BCUT2D eigenvalue weighted by Crippen LogP contribution is -2.47. The van der Waals surface area contributed by atoms with Gasteiger partial charge in [0, 0.05) is 23.9 Å². The summed E-state index contributed by atoms with van der Waals surface area (Å²) in [4.78, 5) is 54.8. The fraction of sp³-hybridized carbons (Fsp3) is 0.370. The first-order valence-corrected chi connectivity index (χ1v) is 13.1. The largest absolute Gasteiger partial charge is 0.465 e. The first-order valence-electron chi connectivity index (χ1n) is 12.0. The van der Waals surface area contributed by atoms with Crippen LogP contribution in [0.2, 0.25) is 0 Å². The molecule has 206 valence electrons. The second-order valence-electron chi connectivity index (χ2n) is 8.78. The molecule has 3 unspecified atom stereocenters. The van der Waals surface area contributed by atoms with Gasteiger partial charge in [-0.1, -0.05) is 18.2 Å². The number of amides is 2. The van der Waals surface area contributed by atoms with Gasteiger partial charge in [0.25, 0.3) is 0 Å². The Balaban J connectivity index is 2.16. The lowest BCUT2D eigenvalue weighted by Gasteiger charge is -2.32. The van der Waals surface area contributed by atoms with Gasteiger partial charge in [-0.25, -0.2) is 0 Å². The van der Waals surface area contributed by atoms with Crippen LogP contribution in [0.3, 0.4) is 0 Å². The Morgan fingerprint density at radius 2 is 1.82 bits per heavy atom. The van der Waals surface area contributed by atoms with Crippen molar-refractivity contribution in [3.63, 3.8) is 0 Å². The highest BCUT2D eigenvalue weighted by molar-refractivity contribution is 7.99. The Labute approximate surface area is 227 Å². The molecule has 1 saturated heterocycles. The number of nitrogens with zero attached hydrogens (tertiary/aromatic N) is 2. The minimum Gasteiger partial charge on any atom is -0.465 e. The molecule has 3 rings (SSSR count). The van der Waals surface area contributed by atoms with Crippen LogP contribution in [-0.4, -0.2) is 53.2 Å². The van der Waals surface area contributed by atoms with E-state index in [9.17, 15) is 37.6 Å². The van der Waals surface area contributed by atoms with E-state index >= 15 is 0 Å². The van der Waals surface area contributed by atoms with Gasteiger partial charge in [-0.2, -0.15) is 18.4 Å². The number of anilines is 1. The van der Waals surface area contributed by atoms with Crippen molar-refractivity contribution in [1.29, 1.82) is 5.26 Å². The van der Waals surface area contributed by atoms with Crippen molar-refractivity contribution in [2.75, 3.05) is 30.1 Å². The lowest BCUT2D eigenvalue weighted by molar-refractivity contribution is -0.154. The Hall–Kier alpha value is -3.85. The number of ketones is 1. The minimum atomic E-state index is -4.67. The number of rotatable bonds is 9. The van der Waals surface area contributed by atoms with Crippen LogP contribution in [0.5, 0.6) is 0 Å². The predicted molar refractivity (Wildman–Crippen MR) is 137 cm³/mol. The van der Waals surface area contributed by atoms with E-state index in [2.05, 4.69) is 5.32 Å². The summed E-state index contributed by atoms with van der Waals surface area (Å²) < 4.78 is 45.0. The molecule has 0 radical (unpaired) electrons. The Kier molecular flexibility index (Phi) is 9.75. The van der Waals surface area contributed by atoms with Crippen LogP contribution in [-0.2, 0) is 30.1 Å². The molecule has 39 heavy (non-hydrogen) atoms. The maximum Gasteiger partial charge on any atom is 0.416 e. The number of Topliss-reactive ketones (excluding diaryl/α,β-unsaturated/α-hetero) is 1. The third-order valence-electron chi connectivity index (χ3n) is 6.19. The van der Waals surface area contributed by atoms with Crippen molar-refractivity contribution in [3.05, 3.63) is 65.2 Å². The van der Waals surface area contributed by atoms with Crippen LogP contribution in [0.4, 0.5) is 18.9 Å². The van der Waals surface area contributed by atoms with E-state index in [0.29, 0.717) is 12.3 Å². The second kappa shape index (κ2) is 12.8. The first kappa shape index (κ1) is 29.7. The Morgan fingerprint density at radius 1 is 1.13 bits per heavy atom. The normalized spacial score (nSPS) is 15.5. The van der Waals surface area contributed by atoms with E-state index in [4.69, 9.17) is 4.74 Å². The van der Waals surface area contributed by atoms with Crippen LogP contribution < -0.4 is 5.32 Å². The molecule has 2 aromatic rings. The summed E-state index contributed by atoms with van der Waals surface area (Å²) in [6.45, 7) is 2.91. The van der Waals surface area contributed by atoms with E-state index in [0.717, 1.165) is 25.1 Å². The second-order valence-corrected chi connectivity index (χ2v) is 9.86. The number of nitrogens with one attached hydrogen (secondary N) is 1. The molecule has 1 aliphatic heterocycles. The van der Waals surface area contributed by atoms with Crippen molar-refractivity contribution < 1.29 is 37.1 Å². The van der Waals surface area contributed by atoms with Gasteiger partial charge in [-0.15, -0.1) is 11.8 Å². The zero-order valence-corrected chi connectivity index (χ0v) is 22.0. The molecule has 1 N–H and O–H groups in total. The van der Waals surface area contributed by atoms with Crippen molar-refractivity contribution in [3.8, 4) is 6.07 Å². The number of esters is 1. The van der Waals surface area contributed by atoms with Crippen molar-refractivity contribution in [2.45, 2.75) is 25.9 Å². The fourth-order valence-electron chi connectivity index (χ4n) is 4.36. The maximum atomic E-state index is 13.8. The number of hydrogen-bond donors (Lipinski definition) is 1. The van der Waals surface area contributed by atoms with Gasteiger partial charge in [0.05, 0.1) is 29.7 Å². The summed E-state index contributed by atoms with van der Waals surface area (Å²) in [5.74, 6) is -7.03. The van der Waals surface area contributed by atoms with Gasteiger partial charge in [0.1, 0.15) is 17.6 Å². The van der Waals surface area contributed by atoms with Gasteiger partial charge in [-0.3, -0.25) is 19.2 Å². The van der Waals surface area contributed by atoms with Crippen molar-refractivity contribution >= 4 is 41.0 Å². The average molecular weight is 562 g/mol. The number of thioether (sulfide) groups is 1. The van der Waals surface area contributed by atoms with Gasteiger partial charge in [-0.05, 0) is 49.7 Å². The SMILES string of the molecule is CCOC(=O)C(C(C)=O)C(c1ccc(C#N)cc1)C(C(=O)Nc1cccc(C(F)(F)F)c1)C(=O)N1CCSC1. The van der Waals surface area contributed by atoms with Crippen LogP contribution in [0.1, 0.15) is 36.5 Å². The minimum absolute atomic E-state index is 0.0689. The highest BCUT2D eigenvalue weighted by Crippen LogP contribution is 2.38. The molecule has 1 aliphatic rings. The number of benzene rings is 2. The molecule has 2 aromatic carbocycles. The number of halogens is 3. The van der Waals surface area contributed by atoms with E-state index in [1.54, 1.807) is 0 Å². The summed E-state index contributed by atoms with van der Waals surface area (Å²) in [7, 11) is 0. The standard InChI is InChI=1S/C27H26F3N3O5S/c1-3-38-26(37)21(16(2)34)22(18-9-7-17(14-31)8-10-18)23(25(36)33-11-12-39-15-33)24(35)32-20-6-4-5-19(13-20)27(28,29)30/h4-10,13,21-23H,3,11-12,15H2,1-2H3,(H,32,35). The number of ether oxygens (including phenoxy) is 1. The van der Waals surface area contributed by atoms with Crippen molar-refractivity contribution in [1.82, 2.24) is 4.90 Å². The topological polar surface area (TPSA) is 117 Å². The molecule has 12 heteroatoms. The monoisotopic (exact) mass is 561 g/mol. The highest BCUT2D eigenvalue weighted by atomic mass is 32.2. The lowest BCUT2D eigenvalue weighted by atomic mass is 9.73. The molecular weight excluding hydrogens is 535 g/mol. The van der Waals surface area contributed by atoms with E-state index in [-0.39, 0.29) is 29.3 Å².